The fourth-order valence-corrected chi connectivity index (χ4v) is 1.92. The van der Waals surface area contributed by atoms with Gasteiger partial charge in [0.05, 0.1) is 12.1 Å². The predicted molar refractivity (Wildman–Crippen MR) is 73.4 cm³/mol. The van der Waals surface area contributed by atoms with Crippen molar-refractivity contribution in [3.63, 3.8) is 0 Å². The number of rotatable bonds is 6. The van der Waals surface area contributed by atoms with Crippen LogP contribution in [0.2, 0.25) is 0 Å². The van der Waals surface area contributed by atoms with Crippen molar-refractivity contribution in [1.82, 2.24) is 5.32 Å². The number of nitrogens with one attached hydrogen (secondary N) is 1. The van der Waals surface area contributed by atoms with Crippen LogP contribution >= 0.6 is 0 Å². The maximum Gasteiger partial charge on any atom is 0.418 e. The molecule has 0 aliphatic rings. The third-order valence-electron chi connectivity index (χ3n) is 2.89. The maximum atomic E-state index is 13.1. The summed E-state index contributed by atoms with van der Waals surface area (Å²) in [4.78, 5) is 23.6. The first-order valence-electron chi connectivity index (χ1n) is 6.51. The summed E-state index contributed by atoms with van der Waals surface area (Å²) in [7, 11) is 0. The number of benzene rings is 1. The molecule has 0 heterocycles. The Kier molecular flexibility index (Phi) is 5.75. The summed E-state index contributed by atoms with van der Waals surface area (Å²) in [6.07, 6.45) is -4.23. The van der Waals surface area contributed by atoms with Gasteiger partial charge >= 0.3 is 6.18 Å². The molecule has 0 aliphatic carbocycles. The van der Waals surface area contributed by atoms with E-state index in [1.165, 1.54) is 17.0 Å². The number of nitrogens with zero attached hydrogens (tertiary/aromatic N) is 1. The Morgan fingerprint density at radius 2 is 2.00 bits per heavy atom. The van der Waals surface area contributed by atoms with E-state index in [1.54, 1.807) is 13.8 Å². The van der Waals surface area contributed by atoms with Crippen LogP contribution in [-0.4, -0.2) is 31.8 Å². The minimum absolute atomic E-state index is 0.0554. The topological polar surface area (TPSA) is 49.4 Å². The number of alkyl halides is 3. The van der Waals surface area contributed by atoms with Crippen LogP contribution in [0.3, 0.4) is 0 Å². The average molecular weight is 302 g/mol. The fraction of sp³-hybridized carbons (Fsp3) is 0.429. The second-order valence-electron chi connectivity index (χ2n) is 4.36. The van der Waals surface area contributed by atoms with Gasteiger partial charge in [0.15, 0.2) is 0 Å². The lowest BCUT2D eigenvalue weighted by molar-refractivity contribution is -0.137. The van der Waals surface area contributed by atoms with Gasteiger partial charge in [-0.05, 0) is 32.0 Å². The van der Waals surface area contributed by atoms with E-state index in [0.29, 0.717) is 12.8 Å². The van der Waals surface area contributed by atoms with Crippen LogP contribution in [0.5, 0.6) is 0 Å². The fourth-order valence-electron chi connectivity index (χ4n) is 1.92. The van der Waals surface area contributed by atoms with E-state index in [-0.39, 0.29) is 30.2 Å². The van der Waals surface area contributed by atoms with Gasteiger partial charge in [-0.3, -0.25) is 9.59 Å². The lowest BCUT2D eigenvalue weighted by Crippen LogP contribution is -2.38. The Hall–Kier alpha value is -2.05. The summed E-state index contributed by atoms with van der Waals surface area (Å²) < 4.78 is 39.3. The van der Waals surface area contributed by atoms with Gasteiger partial charge < -0.3 is 10.2 Å². The number of amides is 1. The van der Waals surface area contributed by atoms with Gasteiger partial charge in [0.2, 0.25) is 5.91 Å². The summed E-state index contributed by atoms with van der Waals surface area (Å²) in [5, 5.41) is 2.54. The van der Waals surface area contributed by atoms with Gasteiger partial charge in [-0.25, -0.2) is 0 Å². The maximum absolute atomic E-state index is 13.1. The van der Waals surface area contributed by atoms with E-state index in [2.05, 4.69) is 5.32 Å². The van der Waals surface area contributed by atoms with Crippen molar-refractivity contribution in [3.05, 3.63) is 29.3 Å². The Bertz CT molecular complexity index is 515. The van der Waals surface area contributed by atoms with Crippen LogP contribution in [0.1, 0.15) is 29.8 Å². The average Bonchev–Trinajstić information content (AvgIpc) is 2.43. The number of hydrogen-bond acceptors (Lipinski definition) is 3. The van der Waals surface area contributed by atoms with Crippen LogP contribution in [-0.2, 0) is 11.0 Å². The van der Waals surface area contributed by atoms with Crippen molar-refractivity contribution in [2.45, 2.75) is 20.0 Å². The van der Waals surface area contributed by atoms with Crippen LogP contribution in [0, 0.1) is 0 Å². The first-order valence-corrected chi connectivity index (χ1v) is 6.51. The molecule has 0 radical (unpaired) electrons. The molecule has 1 N–H and O–H groups in total. The van der Waals surface area contributed by atoms with Crippen LogP contribution < -0.4 is 10.2 Å². The number of likely N-dealkylation sites (N-methyl/N-ethyl adjacent to an activating group) is 2. The largest absolute Gasteiger partial charge is 0.418 e. The number of halogens is 3. The highest BCUT2D eigenvalue weighted by Crippen LogP contribution is 2.37. The smallest absolute Gasteiger partial charge is 0.362 e. The van der Waals surface area contributed by atoms with Crippen LogP contribution in [0.4, 0.5) is 18.9 Å². The van der Waals surface area contributed by atoms with Gasteiger partial charge in [-0.1, -0.05) is 0 Å². The van der Waals surface area contributed by atoms with Crippen molar-refractivity contribution in [2.24, 2.45) is 0 Å². The molecule has 0 aliphatic heterocycles. The highest BCUT2D eigenvalue weighted by atomic mass is 19.4. The normalized spacial score (nSPS) is 11.1. The molecule has 0 bridgehead atoms. The number of carbonyl (C=O) groups excluding carboxylic acids is 2. The van der Waals surface area contributed by atoms with Crippen molar-refractivity contribution >= 4 is 17.9 Å². The van der Waals surface area contributed by atoms with Gasteiger partial charge in [0.1, 0.15) is 6.29 Å². The van der Waals surface area contributed by atoms with E-state index in [9.17, 15) is 22.8 Å². The lowest BCUT2D eigenvalue weighted by Gasteiger charge is -2.26. The second-order valence-corrected chi connectivity index (χ2v) is 4.36. The molecule has 0 saturated heterocycles. The van der Waals surface area contributed by atoms with Gasteiger partial charge in [0.25, 0.3) is 0 Å². The monoisotopic (exact) mass is 302 g/mol. The van der Waals surface area contributed by atoms with Crippen LogP contribution in [0.25, 0.3) is 0 Å². The molecule has 21 heavy (non-hydrogen) atoms. The van der Waals surface area contributed by atoms with E-state index >= 15 is 0 Å². The highest BCUT2D eigenvalue weighted by Gasteiger charge is 2.35. The Labute approximate surface area is 120 Å². The molecule has 0 aromatic heterocycles. The molecule has 4 nitrogen and oxygen atoms in total. The summed E-state index contributed by atoms with van der Waals surface area (Å²) >= 11 is 0. The SMILES string of the molecule is CCNC(=O)CN(CC)c1ccc(C=O)cc1C(F)(F)F. The standard InChI is InChI=1S/C14H17F3N2O2/c1-3-18-13(21)8-19(4-2)12-6-5-10(9-20)7-11(12)14(15,16)17/h5-7,9H,3-4,8H2,1-2H3,(H,18,21). The van der Waals surface area contributed by atoms with E-state index in [0.717, 1.165) is 6.07 Å². The number of aldehydes is 1. The summed E-state index contributed by atoms with van der Waals surface area (Å²) in [6, 6.07) is 3.32. The van der Waals surface area contributed by atoms with Crippen LogP contribution in [0.15, 0.2) is 18.2 Å². The minimum atomic E-state index is -4.59. The van der Waals surface area contributed by atoms with E-state index < -0.39 is 11.7 Å². The van der Waals surface area contributed by atoms with E-state index in [4.69, 9.17) is 0 Å². The van der Waals surface area contributed by atoms with Gasteiger partial charge in [0, 0.05) is 24.3 Å². The molecular weight excluding hydrogens is 285 g/mol. The van der Waals surface area contributed by atoms with Gasteiger partial charge in [-0.15, -0.1) is 0 Å². The molecule has 116 valence electrons. The molecule has 0 saturated carbocycles. The number of anilines is 1. The third kappa shape index (κ3) is 4.47. The molecule has 1 aromatic carbocycles. The number of hydrogen-bond donors (Lipinski definition) is 1. The minimum Gasteiger partial charge on any atom is -0.362 e. The zero-order chi connectivity index (χ0) is 16.0. The van der Waals surface area contributed by atoms with E-state index in [1.807, 2.05) is 0 Å². The molecule has 0 atom stereocenters. The predicted octanol–water partition coefficient (Wildman–Crippen LogP) is 2.48. The first kappa shape index (κ1) is 17.0. The van der Waals surface area contributed by atoms with Crippen molar-refractivity contribution < 1.29 is 22.8 Å². The summed E-state index contributed by atoms with van der Waals surface area (Å²) in [5.41, 5.74) is -1.08. The number of carbonyl (C=O) groups is 2. The van der Waals surface area contributed by atoms with Crippen molar-refractivity contribution in [1.29, 1.82) is 0 Å². The molecule has 7 heteroatoms. The molecule has 1 amide bonds. The third-order valence-corrected chi connectivity index (χ3v) is 2.89. The molecule has 0 spiro atoms. The van der Waals surface area contributed by atoms with Crippen molar-refractivity contribution in [2.75, 3.05) is 24.5 Å². The molecule has 1 aromatic rings. The zero-order valence-corrected chi connectivity index (χ0v) is 11.8. The molecule has 1 rings (SSSR count). The second kappa shape index (κ2) is 7.10. The Balaban J connectivity index is 3.19. The lowest BCUT2D eigenvalue weighted by atomic mass is 10.1. The summed E-state index contributed by atoms with van der Waals surface area (Å²) in [5.74, 6) is -0.355. The zero-order valence-electron chi connectivity index (χ0n) is 11.8. The molecule has 0 unspecified atom stereocenters. The highest BCUT2D eigenvalue weighted by molar-refractivity contribution is 5.82. The first-order chi connectivity index (χ1) is 9.83. The van der Waals surface area contributed by atoms with Crippen molar-refractivity contribution in [3.8, 4) is 0 Å². The summed E-state index contributed by atoms with van der Waals surface area (Å²) in [6.45, 7) is 3.86. The Morgan fingerprint density at radius 1 is 1.33 bits per heavy atom. The quantitative estimate of drug-likeness (QED) is 0.821. The molecule has 0 fully saturated rings. The van der Waals surface area contributed by atoms with Gasteiger partial charge in [-0.2, -0.15) is 13.2 Å². The Morgan fingerprint density at radius 3 is 2.48 bits per heavy atom. The molecular formula is C14H17F3N2O2.